The maximum atomic E-state index is 5.45. The lowest BCUT2D eigenvalue weighted by Gasteiger charge is -2.00. The molecule has 0 amide bonds. The lowest BCUT2D eigenvalue weighted by Crippen LogP contribution is -2.04. The van der Waals surface area contributed by atoms with E-state index in [9.17, 15) is 0 Å². The molecule has 2 heterocycles. The second-order valence-corrected chi connectivity index (χ2v) is 3.59. The Bertz CT molecular complexity index is 421. The van der Waals surface area contributed by atoms with E-state index in [0.29, 0.717) is 6.54 Å². The van der Waals surface area contributed by atoms with Crippen LogP contribution in [0.4, 0.5) is 0 Å². The molecule has 0 aromatic carbocycles. The number of hydrogen-bond acceptors (Lipinski definition) is 3. The molecule has 0 aliphatic rings. The molecule has 2 aromatic rings. The third-order valence-corrected chi connectivity index (χ3v) is 2.51. The minimum atomic E-state index is 0.634. The van der Waals surface area contributed by atoms with Gasteiger partial charge in [0.25, 0.3) is 0 Å². The van der Waals surface area contributed by atoms with E-state index in [2.05, 4.69) is 26.2 Å². The van der Waals surface area contributed by atoms with Gasteiger partial charge in [0.1, 0.15) is 18.1 Å². The van der Waals surface area contributed by atoms with Crippen molar-refractivity contribution in [1.82, 2.24) is 15.0 Å². The van der Waals surface area contributed by atoms with Crippen LogP contribution in [0.5, 0.6) is 0 Å². The summed E-state index contributed by atoms with van der Waals surface area (Å²) in [5, 5.41) is 8.56. The van der Waals surface area contributed by atoms with Gasteiger partial charge in [-0.2, -0.15) is 0 Å². The first-order valence-electron chi connectivity index (χ1n) is 4.28. The Balaban J connectivity index is 2.18. The number of furan rings is 1. The molecule has 0 aliphatic heterocycles. The third-order valence-electron chi connectivity index (χ3n) is 1.94. The molecule has 0 saturated carbocycles. The van der Waals surface area contributed by atoms with Crippen molar-refractivity contribution in [2.75, 3.05) is 0 Å². The molecule has 0 aliphatic carbocycles. The normalized spacial score (nSPS) is 10.7. The van der Waals surface area contributed by atoms with Crippen molar-refractivity contribution in [1.29, 1.82) is 0 Å². The average molecular weight is 256 g/mol. The van der Waals surface area contributed by atoms with Crippen LogP contribution in [0, 0.1) is 6.92 Å². The van der Waals surface area contributed by atoms with E-state index in [4.69, 9.17) is 4.42 Å². The van der Waals surface area contributed by atoms with Crippen molar-refractivity contribution in [3.8, 4) is 0 Å². The monoisotopic (exact) mass is 255 g/mol. The molecule has 0 saturated heterocycles. The molecule has 2 rings (SSSR count). The van der Waals surface area contributed by atoms with E-state index in [1.807, 2.05) is 23.7 Å². The number of hydrogen-bond donors (Lipinski definition) is 0. The first-order chi connectivity index (χ1) is 6.79. The zero-order valence-electron chi connectivity index (χ0n) is 7.77. The fourth-order valence-electron chi connectivity index (χ4n) is 1.23. The number of aryl methyl sites for hydroxylation is 1. The Morgan fingerprint density at radius 3 is 3.00 bits per heavy atom. The lowest BCUT2D eigenvalue weighted by atomic mass is 10.4. The Morgan fingerprint density at radius 1 is 1.50 bits per heavy atom. The molecule has 2 aromatic heterocycles. The molecule has 0 bridgehead atoms. The summed E-state index contributed by atoms with van der Waals surface area (Å²) in [6, 6.07) is 3.90. The fourth-order valence-corrected chi connectivity index (χ4v) is 1.67. The van der Waals surface area contributed by atoms with Gasteiger partial charge in [-0.15, -0.1) is 5.10 Å². The van der Waals surface area contributed by atoms with E-state index in [1.54, 1.807) is 6.20 Å². The predicted molar refractivity (Wildman–Crippen MR) is 55.2 cm³/mol. The standard InChI is InChI=1S/C9H10BrN3O/c1-7-2-3-9(14-7)6-13-8(4-10)5-11-12-13/h2-3,5H,4,6H2,1H3. The zero-order valence-corrected chi connectivity index (χ0v) is 9.36. The summed E-state index contributed by atoms with van der Waals surface area (Å²) >= 11 is 3.37. The van der Waals surface area contributed by atoms with Crippen LogP contribution in [0.1, 0.15) is 17.2 Å². The molecule has 4 nitrogen and oxygen atoms in total. The van der Waals surface area contributed by atoms with Gasteiger partial charge in [0.05, 0.1) is 11.9 Å². The summed E-state index contributed by atoms with van der Waals surface area (Å²) in [6.07, 6.45) is 1.74. The van der Waals surface area contributed by atoms with Crippen LogP contribution >= 0.6 is 15.9 Å². The summed E-state index contributed by atoms with van der Waals surface area (Å²) in [4.78, 5) is 0. The van der Waals surface area contributed by atoms with Crippen LogP contribution in [-0.4, -0.2) is 15.0 Å². The van der Waals surface area contributed by atoms with Crippen LogP contribution in [-0.2, 0) is 11.9 Å². The van der Waals surface area contributed by atoms with Crippen molar-refractivity contribution in [3.05, 3.63) is 35.5 Å². The number of rotatable bonds is 3. The van der Waals surface area contributed by atoms with Crippen LogP contribution in [0.3, 0.4) is 0 Å². The smallest absolute Gasteiger partial charge is 0.125 e. The molecule has 0 N–H and O–H groups in total. The summed E-state index contributed by atoms with van der Waals surface area (Å²) in [7, 11) is 0. The fraction of sp³-hybridized carbons (Fsp3) is 0.333. The molecule has 14 heavy (non-hydrogen) atoms. The molecular formula is C9H10BrN3O. The van der Waals surface area contributed by atoms with E-state index >= 15 is 0 Å². The molecule has 74 valence electrons. The largest absolute Gasteiger partial charge is 0.464 e. The van der Waals surface area contributed by atoms with Crippen LogP contribution in [0.15, 0.2) is 22.7 Å². The highest BCUT2D eigenvalue weighted by Gasteiger charge is 2.05. The Hall–Kier alpha value is -1.10. The molecule has 0 fully saturated rings. The number of halogens is 1. The highest BCUT2D eigenvalue weighted by atomic mass is 79.9. The quantitative estimate of drug-likeness (QED) is 0.790. The zero-order chi connectivity index (χ0) is 9.97. The maximum Gasteiger partial charge on any atom is 0.125 e. The summed E-state index contributed by atoms with van der Waals surface area (Å²) < 4.78 is 7.26. The third kappa shape index (κ3) is 1.87. The van der Waals surface area contributed by atoms with Gasteiger partial charge in [-0.3, -0.25) is 0 Å². The highest BCUT2D eigenvalue weighted by molar-refractivity contribution is 9.08. The first-order valence-corrected chi connectivity index (χ1v) is 5.40. The van der Waals surface area contributed by atoms with Crippen LogP contribution < -0.4 is 0 Å². The van der Waals surface area contributed by atoms with E-state index in [-0.39, 0.29) is 0 Å². The van der Waals surface area contributed by atoms with Crippen molar-refractivity contribution < 1.29 is 4.42 Å². The van der Waals surface area contributed by atoms with Gasteiger partial charge >= 0.3 is 0 Å². The average Bonchev–Trinajstić information content (AvgIpc) is 2.76. The SMILES string of the molecule is Cc1ccc(Cn2nncc2CBr)o1. The molecule has 0 spiro atoms. The van der Waals surface area contributed by atoms with Crippen molar-refractivity contribution in [3.63, 3.8) is 0 Å². The number of aromatic nitrogens is 3. The maximum absolute atomic E-state index is 5.45. The van der Waals surface area contributed by atoms with Gasteiger partial charge in [-0.05, 0) is 19.1 Å². The molecule has 0 radical (unpaired) electrons. The van der Waals surface area contributed by atoms with Gasteiger partial charge in [-0.1, -0.05) is 21.1 Å². The summed E-state index contributed by atoms with van der Waals surface area (Å²) in [5.41, 5.74) is 1.04. The summed E-state index contributed by atoms with van der Waals surface area (Å²) in [6.45, 7) is 2.56. The van der Waals surface area contributed by atoms with Crippen molar-refractivity contribution in [2.45, 2.75) is 18.8 Å². The van der Waals surface area contributed by atoms with Gasteiger partial charge in [0, 0.05) is 5.33 Å². The molecular weight excluding hydrogens is 246 g/mol. The highest BCUT2D eigenvalue weighted by Crippen LogP contribution is 2.10. The molecule has 0 atom stereocenters. The first kappa shape index (κ1) is 9.45. The molecule has 0 unspecified atom stereocenters. The van der Waals surface area contributed by atoms with Crippen LogP contribution in [0.2, 0.25) is 0 Å². The minimum Gasteiger partial charge on any atom is -0.464 e. The Kier molecular flexibility index (Phi) is 2.67. The van der Waals surface area contributed by atoms with Gasteiger partial charge in [0.15, 0.2) is 0 Å². The van der Waals surface area contributed by atoms with E-state index in [1.165, 1.54) is 0 Å². The van der Waals surface area contributed by atoms with Crippen LogP contribution in [0.25, 0.3) is 0 Å². The van der Waals surface area contributed by atoms with E-state index in [0.717, 1.165) is 22.5 Å². The Labute approximate surface area is 90.0 Å². The lowest BCUT2D eigenvalue weighted by molar-refractivity contribution is 0.452. The minimum absolute atomic E-state index is 0.634. The second-order valence-electron chi connectivity index (χ2n) is 3.03. The van der Waals surface area contributed by atoms with Gasteiger partial charge in [-0.25, -0.2) is 4.68 Å². The van der Waals surface area contributed by atoms with Gasteiger partial charge < -0.3 is 4.42 Å². The predicted octanol–water partition coefficient (Wildman–Crippen LogP) is 2.12. The van der Waals surface area contributed by atoms with E-state index < -0.39 is 0 Å². The summed E-state index contributed by atoms with van der Waals surface area (Å²) in [5.74, 6) is 1.82. The second kappa shape index (κ2) is 3.96. The van der Waals surface area contributed by atoms with Crippen molar-refractivity contribution in [2.24, 2.45) is 0 Å². The number of alkyl halides is 1. The topological polar surface area (TPSA) is 43.9 Å². The molecule has 5 heteroatoms. The number of nitrogens with zero attached hydrogens (tertiary/aromatic N) is 3. The van der Waals surface area contributed by atoms with Crippen molar-refractivity contribution >= 4 is 15.9 Å². The Morgan fingerprint density at radius 2 is 2.36 bits per heavy atom. The van der Waals surface area contributed by atoms with Gasteiger partial charge in [0.2, 0.25) is 0 Å².